The largest absolute Gasteiger partial charge is 0.481 e. The average molecular weight is 294 g/mol. The minimum Gasteiger partial charge on any atom is -0.481 e. The number of carbonyl (C=O) groups is 2. The highest BCUT2D eigenvalue weighted by Crippen LogP contribution is 2.10. The Kier molecular flexibility index (Phi) is 7.42. The molecule has 0 saturated carbocycles. The predicted octanol–water partition coefficient (Wildman–Crippen LogP) is 0.751. The Morgan fingerprint density at radius 3 is 2.29 bits per heavy atom. The van der Waals surface area contributed by atoms with Gasteiger partial charge in [0.1, 0.15) is 0 Å². The molecule has 1 heterocycles. The lowest BCUT2D eigenvalue weighted by molar-refractivity contribution is -0.136. The van der Waals surface area contributed by atoms with Crippen molar-refractivity contribution in [1.29, 1.82) is 0 Å². The monoisotopic (exact) mass is 294 g/mol. The topological polar surface area (TPSA) is 92.9 Å². The number of hydrogen-bond acceptors (Lipinski definition) is 4. The number of hydrogen-bond donors (Lipinski definition) is 2. The van der Waals surface area contributed by atoms with E-state index in [-0.39, 0.29) is 12.3 Å². The van der Waals surface area contributed by atoms with Crippen LogP contribution in [0.25, 0.3) is 0 Å². The summed E-state index contributed by atoms with van der Waals surface area (Å²) in [6.07, 6.45) is 0.595. The number of nitrogens with zero attached hydrogens (tertiary/aromatic N) is 1. The lowest BCUT2D eigenvalue weighted by Crippen LogP contribution is -2.40. The number of carbonyl (C=O) groups excluding carboxylic acids is 1. The Bertz CT molecular complexity index is 453. The summed E-state index contributed by atoms with van der Waals surface area (Å²) in [7, 11) is 1.50. The second-order valence-corrected chi connectivity index (χ2v) is 4.50. The standard InChI is InChI=1S/C14H17NO4.CH5N/c16-13(17)6-3-11-1-4-12(5-2-11)14(18)15-7-9-19-10-8-15;1-2/h1-2,4-5H,3,6-10H2,(H,16,17);2H2,1H3. The van der Waals surface area contributed by atoms with Gasteiger partial charge in [-0.25, -0.2) is 0 Å². The Balaban J connectivity index is 0.00000106. The zero-order chi connectivity index (χ0) is 15.7. The summed E-state index contributed by atoms with van der Waals surface area (Å²) in [5, 5.41) is 8.62. The highest BCUT2D eigenvalue weighted by atomic mass is 16.5. The lowest BCUT2D eigenvalue weighted by atomic mass is 10.1. The van der Waals surface area contributed by atoms with E-state index in [1.54, 1.807) is 17.0 Å². The molecule has 0 unspecified atom stereocenters. The summed E-state index contributed by atoms with van der Waals surface area (Å²) < 4.78 is 5.21. The maximum atomic E-state index is 12.2. The first-order valence-corrected chi connectivity index (χ1v) is 6.92. The fourth-order valence-corrected chi connectivity index (χ4v) is 2.01. The van der Waals surface area contributed by atoms with Gasteiger partial charge in [-0.05, 0) is 31.2 Å². The van der Waals surface area contributed by atoms with Gasteiger partial charge < -0.3 is 20.5 Å². The van der Waals surface area contributed by atoms with E-state index in [9.17, 15) is 9.59 Å². The Hall–Kier alpha value is -1.92. The maximum absolute atomic E-state index is 12.2. The quantitative estimate of drug-likeness (QED) is 0.855. The van der Waals surface area contributed by atoms with Crippen LogP contribution in [0.15, 0.2) is 24.3 Å². The zero-order valence-electron chi connectivity index (χ0n) is 12.2. The number of amides is 1. The molecule has 1 fully saturated rings. The molecule has 6 heteroatoms. The Morgan fingerprint density at radius 2 is 1.76 bits per heavy atom. The summed E-state index contributed by atoms with van der Waals surface area (Å²) in [5.74, 6) is -0.804. The van der Waals surface area contributed by atoms with Crippen LogP contribution in [-0.4, -0.2) is 55.2 Å². The lowest BCUT2D eigenvalue weighted by Gasteiger charge is -2.26. The van der Waals surface area contributed by atoms with Crippen LogP contribution in [0, 0.1) is 0 Å². The van der Waals surface area contributed by atoms with Crippen LogP contribution in [0.2, 0.25) is 0 Å². The van der Waals surface area contributed by atoms with E-state index >= 15 is 0 Å². The minimum atomic E-state index is -0.812. The average Bonchev–Trinajstić information content (AvgIpc) is 2.55. The molecule has 3 N–H and O–H groups in total. The van der Waals surface area contributed by atoms with E-state index in [0.717, 1.165) is 5.56 Å². The maximum Gasteiger partial charge on any atom is 0.303 e. The molecule has 1 aliphatic rings. The first-order valence-electron chi connectivity index (χ1n) is 6.92. The smallest absolute Gasteiger partial charge is 0.303 e. The van der Waals surface area contributed by atoms with E-state index in [4.69, 9.17) is 9.84 Å². The van der Waals surface area contributed by atoms with Gasteiger partial charge in [0, 0.05) is 25.1 Å². The van der Waals surface area contributed by atoms with Gasteiger partial charge >= 0.3 is 5.97 Å². The summed E-state index contributed by atoms with van der Waals surface area (Å²) in [4.78, 5) is 24.4. The van der Waals surface area contributed by atoms with Crippen molar-refractivity contribution < 1.29 is 19.4 Å². The van der Waals surface area contributed by atoms with Gasteiger partial charge in [-0.2, -0.15) is 0 Å². The van der Waals surface area contributed by atoms with Crippen LogP contribution in [0.3, 0.4) is 0 Å². The van der Waals surface area contributed by atoms with E-state index in [2.05, 4.69) is 5.73 Å². The van der Waals surface area contributed by atoms with Crippen molar-refractivity contribution in [1.82, 2.24) is 4.90 Å². The number of aliphatic carboxylic acids is 1. The molecule has 0 radical (unpaired) electrons. The van der Waals surface area contributed by atoms with Crippen molar-refractivity contribution >= 4 is 11.9 Å². The molecule has 2 rings (SSSR count). The molecule has 0 bridgehead atoms. The van der Waals surface area contributed by atoms with Crippen molar-refractivity contribution in [2.24, 2.45) is 5.73 Å². The third kappa shape index (κ3) is 5.53. The van der Waals surface area contributed by atoms with Crippen molar-refractivity contribution in [3.8, 4) is 0 Å². The van der Waals surface area contributed by atoms with Gasteiger partial charge in [0.2, 0.25) is 0 Å². The number of carboxylic acids is 1. The first-order chi connectivity index (χ1) is 10.2. The molecule has 1 aromatic carbocycles. The van der Waals surface area contributed by atoms with Crippen LogP contribution in [-0.2, 0) is 16.0 Å². The third-order valence-corrected chi connectivity index (χ3v) is 3.13. The van der Waals surface area contributed by atoms with E-state index in [0.29, 0.717) is 38.3 Å². The summed E-state index contributed by atoms with van der Waals surface area (Å²) in [5.41, 5.74) is 6.07. The molecule has 0 spiro atoms. The van der Waals surface area contributed by atoms with E-state index in [1.165, 1.54) is 7.05 Å². The van der Waals surface area contributed by atoms with Crippen LogP contribution in [0.5, 0.6) is 0 Å². The number of ether oxygens (including phenoxy) is 1. The van der Waals surface area contributed by atoms with E-state index in [1.807, 2.05) is 12.1 Å². The fourth-order valence-electron chi connectivity index (χ4n) is 2.01. The molecule has 0 aliphatic carbocycles. The van der Waals surface area contributed by atoms with Gasteiger partial charge in [-0.3, -0.25) is 9.59 Å². The second-order valence-electron chi connectivity index (χ2n) is 4.50. The van der Waals surface area contributed by atoms with Crippen molar-refractivity contribution in [3.63, 3.8) is 0 Å². The summed E-state index contributed by atoms with van der Waals surface area (Å²) >= 11 is 0. The first kappa shape index (κ1) is 17.1. The van der Waals surface area contributed by atoms with Gasteiger partial charge in [-0.15, -0.1) is 0 Å². The number of aryl methyl sites for hydroxylation is 1. The molecule has 6 nitrogen and oxygen atoms in total. The molecule has 21 heavy (non-hydrogen) atoms. The fraction of sp³-hybridized carbons (Fsp3) is 0.467. The van der Waals surface area contributed by atoms with Crippen molar-refractivity contribution in [2.75, 3.05) is 33.4 Å². The number of benzene rings is 1. The van der Waals surface area contributed by atoms with Crippen LogP contribution in [0.1, 0.15) is 22.3 Å². The van der Waals surface area contributed by atoms with Gasteiger partial charge in [0.15, 0.2) is 0 Å². The number of carboxylic acid groups (broad SMARTS) is 1. The SMILES string of the molecule is CN.O=C(O)CCc1ccc(C(=O)N2CCOCC2)cc1. The highest BCUT2D eigenvalue weighted by Gasteiger charge is 2.18. The molecule has 0 atom stereocenters. The van der Waals surface area contributed by atoms with Crippen LogP contribution in [0.4, 0.5) is 0 Å². The molecular formula is C15H22N2O4. The molecule has 1 amide bonds. The third-order valence-electron chi connectivity index (χ3n) is 3.13. The molecule has 116 valence electrons. The number of nitrogens with two attached hydrogens (primary N) is 1. The number of morpholine rings is 1. The Labute approximate surface area is 124 Å². The van der Waals surface area contributed by atoms with Crippen LogP contribution >= 0.6 is 0 Å². The minimum absolute atomic E-state index is 0.00749. The van der Waals surface area contributed by atoms with Crippen molar-refractivity contribution in [3.05, 3.63) is 35.4 Å². The zero-order valence-corrected chi connectivity index (χ0v) is 12.2. The van der Waals surface area contributed by atoms with Gasteiger partial charge in [0.05, 0.1) is 13.2 Å². The Morgan fingerprint density at radius 1 is 1.19 bits per heavy atom. The van der Waals surface area contributed by atoms with E-state index < -0.39 is 5.97 Å². The number of rotatable bonds is 4. The summed E-state index contributed by atoms with van der Waals surface area (Å²) in [6.45, 7) is 2.42. The molecule has 1 aromatic rings. The molecule has 1 aliphatic heterocycles. The molecular weight excluding hydrogens is 272 g/mol. The van der Waals surface area contributed by atoms with Gasteiger partial charge in [0.25, 0.3) is 5.91 Å². The van der Waals surface area contributed by atoms with Gasteiger partial charge in [-0.1, -0.05) is 12.1 Å². The highest BCUT2D eigenvalue weighted by molar-refractivity contribution is 5.94. The summed E-state index contributed by atoms with van der Waals surface area (Å²) in [6, 6.07) is 7.15. The van der Waals surface area contributed by atoms with Crippen molar-refractivity contribution in [2.45, 2.75) is 12.8 Å². The normalized spacial score (nSPS) is 14.1. The van der Waals surface area contributed by atoms with Crippen LogP contribution < -0.4 is 5.73 Å². The molecule has 0 aromatic heterocycles. The second kappa shape index (κ2) is 9.10. The predicted molar refractivity (Wildman–Crippen MR) is 79.2 cm³/mol. The molecule has 1 saturated heterocycles.